The van der Waals surface area contributed by atoms with Crippen molar-refractivity contribution in [3.05, 3.63) is 42.3 Å². The summed E-state index contributed by atoms with van der Waals surface area (Å²) in [6, 6.07) is 7.71. The van der Waals surface area contributed by atoms with E-state index in [0.29, 0.717) is 22.9 Å². The molecule has 3 aromatic rings. The highest BCUT2D eigenvalue weighted by atomic mass is 19.4. The van der Waals surface area contributed by atoms with Crippen LogP contribution in [0.5, 0.6) is 5.75 Å². The zero-order chi connectivity index (χ0) is 22.0. The molecule has 4 rings (SSSR count). The Hall–Kier alpha value is -3.41. The molecule has 1 unspecified atom stereocenters. The molecule has 1 atom stereocenters. The third-order valence-electron chi connectivity index (χ3n) is 4.65. The van der Waals surface area contributed by atoms with E-state index in [1.54, 1.807) is 18.2 Å². The highest BCUT2D eigenvalue weighted by molar-refractivity contribution is 5.66. The minimum Gasteiger partial charge on any atom is -0.494 e. The average Bonchev–Trinajstić information content (AvgIpc) is 3.22. The number of hydrogen-bond acceptors (Lipinski definition) is 7. The number of anilines is 3. The number of aromatic amines is 1. The number of halogens is 4. The van der Waals surface area contributed by atoms with Crippen LogP contribution in [0.15, 0.2) is 36.5 Å². The van der Waals surface area contributed by atoms with Crippen LogP contribution in [0.1, 0.15) is 0 Å². The summed E-state index contributed by atoms with van der Waals surface area (Å²) < 4.78 is 62.5. The Morgan fingerprint density at radius 3 is 2.81 bits per heavy atom. The minimum atomic E-state index is -4.46. The van der Waals surface area contributed by atoms with Crippen molar-refractivity contribution in [3.63, 3.8) is 0 Å². The van der Waals surface area contributed by atoms with E-state index in [0.717, 1.165) is 0 Å². The first-order valence-electron chi connectivity index (χ1n) is 9.26. The second-order valence-corrected chi connectivity index (χ2v) is 6.73. The van der Waals surface area contributed by atoms with Gasteiger partial charge in [0.2, 0.25) is 5.95 Å². The molecule has 1 saturated heterocycles. The van der Waals surface area contributed by atoms with Gasteiger partial charge in [0.15, 0.2) is 23.5 Å². The van der Waals surface area contributed by atoms with Gasteiger partial charge in [-0.05, 0) is 24.3 Å². The van der Waals surface area contributed by atoms with Crippen LogP contribution in [0.4, 0.5) is 35.1 Å². The van der Waals surface area contributed by atoms with Crippen LogP contribution in [0.3, 0.4) is 0 Å². The third-order valence-corrected chi connectivity index (χ3v) is 4.65. The number of nitrogens with zero attached hydrogens (tertiary/aromatic N) is 4. The number of rotatable bonds is 5. The van der Waals surface area contributed by atoms with E-state index in [2.05, 4.69) is 25.5 Å². The summed E-state index contributed by atoms with van der Waals surface area (Å²) in [5.74, 6) is 0.513. The number of benzene rings is 1. The first kappa shape index (κ1) is 20.8. The molecule has 0 bridgehead atoms. The predicted molar refractivity (Wildman–Crippen MR) is 104 cm³/mol. The Morgan fingerprint density at radius 2 is 2.06 bits per heavy atom. The minimum absolute atomic E-state index is 0.0770. The first-order chi connectivity index (χ1) is 14.8. The van der Waals surface area contributed by atoms with E-state index in [1.807, 2.05) is 0 Å². The Morgan fingerprint density at radius 1 is 1.23 bits per heavy atom. The van der Waals surface area contributed by atoms with Crippen molar-refractivity contribution in [2.45, 2.75) is 12.3 Å². The van der Waals surface area contributed by atoms with E-state index in [-0.39, 0.29) is 31.4 Å². The van der Waals surface area contributed by atoms with Crippen molar-refractivity contribution < 1.29 is 27.0 Å². The van der Waals surface area contributed by atoms with Crippen LogP contribution < -0.4 is 15.0 Å². The van der Waals surface area contributed by atoms with Gasteiger partial charge in [0.05, 0.1) is 26.0 Å². The topological polar surface area (TPSA) is 88.2 Å². The number of alkyl halides is 3. The van der Waals surface area contributed by atoms with Crippen molar-refractivity contribution in [3.8, 4) is 17.0 Å². The van der Waals surface area contributed by atoms with Crippen molar-refractivity contribution in [2.24, 2.45) is 0 Å². The van der Waals surface area contributed by atoms with Crippen LogP contribution in [0.25, 0.3) is 11.3 Å². The van der Waals surface area contributed by atoms with Gasteiger partial charge in [-0.15, -0.1) is 0 Å². The standard InChI is InChI=1S/C19H18F4N6O2/c1-30-14-3-2-11(8-12(14)20)13-9-17(28-27-13)25-16-4-5-24-18(26-16)29-6-7-31-15(10-29)19(21,22)23/h2-5,8-9,15H,6-7,10H2,1H3,(H2,24,25,26,27,28). The van der Waals surface area contributed by atoms with Crippen molar-refractivity contribution in [1.29, 1.82) is 0 Å². The summed E-state index contributed by atoms with van der Waals surface area (Å²) in [7, 11) is 1.38. The van der Waals surface area contributed by atoms with Gasteiger partial charge in [0, 0.05) is 24.4 Å². The zero-order valence-corrected chi connectivity index (χ0v) is 16.3. The second kappa shape index (κ2) is 8.38. The summed E-state index contributed by atoms with van der Waals surface area (Å²) in [5, 5.41) is 9.87. The molecule has 1 aliphatic rings. The number of ether oxygens (including phenoxy) is 2. The number of nitrogens with one attached hydrogen (secondary N) is 2. The predicted octanol–water partition coefficient (Wildman–Crippen LogP) is 3.53. The molecular formula is C19H18F4N6O2. The maximum Gasteiger partial charge on any atom is 0.416 e. The molecule has 31 heavy (non-hydrogen) atoms. The SMILES string of the molecule is COc1ccc(-c2cc(Nc3ccnc(N4CCOC(C(F)(F)F)C4)n3)n[nH]2)cc1F. The van der Waals surface area contributed by atoms with E-state index in [4.69, 9.17) is 9.47 Å². The van der Waals surface area contributed by atoms with Gasteiger partial charge in [0.1, 0.15) is 5.82 Å². The highest BCUT2D eigenvalue weighted by Crippen LogP contribution is 2.28. The highest BCUT2D eigenvalue weighted by Gasteiger charge is 2.43. The molecular weight excluding hydrogens is 420 g/mol. The summed E-state index contributed by atoms with van der Waals surface area (Å²) in [5.41, 5.74) is 1.12. The lowest BCUT2D eigenvalue weighted by molar-refractivity contribution is -0.221. The number of methoxy groups -OCH3 is 1. The fraction of sp³-hybridized carbons (Fsp3) is 0.316. The summed E-state index contributed by atoms with van der Waals surface area (Å²) in [4.78, 5) is 9.77. The van der Waals surface area contributed by atoms with Gasteiger partial charge in [-0.25, -0.2) is 9.37 Å². The Labute approximate surface area is 174 Å². The summed E-state index contributed by atoms with van der Waals surface area (Å²) in [6.45, 7) is -0.222. The first-order valence-corrected chi connectivity index (χ1v) is 9.26. The molecule has 1 fully saturated rings. The molecule has 164 valence electrons. The molecule has 3 heterocycles. The molecule has 2 N–H and O–H groups in total. The Balaban J connectivity index is 1.48. The molecule has 8 nitrogen and oxygen atoms in total. The molecule has 2 aromatic heterocycles. The lowest BCUT2D eigenvalue weighted by Gasteiger charge is -2.33. The van der Waals surface area contributed by atoms with Gasteiger partial charge in [-0.3, -0.25) is 5.10 Å². The maximum atomic E-state index is 13.9. The van der Waals surface area contributed by atoms with E-state index in [1.165, 1.54) is 30.3 Å². The third kappa shape index (κ3) is 4.68. The van der Waals surface area contributed by atoms with Crippen LogP contribution in [0.2, 0.25) is 0 Å². The van der Waals surface area contributed by atoms with Crippen LogP contribution in [-0.2, 0) is 4.74 Å². The molecule has 0 spiro atoms. The van der Waals surface area contributed by atoms with Crippen LogP contribution >= 0.6 is 0 Å². The monoisotopic (exact) mass is 438 g/mol. The number of aromatic nitrogens is 4. The normalized spacial score (nSPS) is 16.9. The Bertz CT molecular complexity index is 1060. The zero-order valence-electron chi connectivity index (χ0n) is 16.3. The lowest BCUT2D eigenvalue weighted by Crippen LogP contribution is -2.49. The van der Waals surface area contributed by atoms with Crippen molar-refractivity contribution in [1.82, 2.24) is 20.2 Å². The number of H-pyrrole nitrogens is 1. The van der Waals surface area contributed by atoms with Gasteiger partial charge in [-0.1, -0.05) is 0 Å². The lowest BCUT2D eigenvalue weighted by atomic mass is 10.1. The van der Waals surface area contributed by atoms with E-state index in [9.17, 15) is 17.6 Å². The average molecular weight is 438 g/mol. The van der Waals surface area contributed by atoms with Crippen LogP contribution in [-0.4, -0.2) is 59.3 Å². The quantitative estimate of drug-likeness (QED) is 0.590. The fourth-order valence-electron chi connectivity index (χ4n) is 3.10. The molecule has 0 aliphatic carbocycles. The number of hydrogen-bond donors (Lipinski definition) is 2. The molecule has 0 saturated carbocycles. The molecule has 0 radical (unpaired) electrons. The van der Waals surface area contributed by atoms with Crippen molar-refractivity contribution in [2.75, 3.05) is 37.0 Å². The van der Waals surface area contributed by atoms with Gasteiger partial charge >= 0.3 is 6.18 Å². The molecule has 12 heteroatoms. The Kier molecular flexibility index (Phi) is 5.63. The summed E-state index contributed by atoms with van der Waals surface area (Å²) >= 11 is 0. The molecule has 0 amide bonds. The van der Waals surface area contributed by atoms with E-state index < -0.39 is 18.1 Å². The van der Waals surface area contributed by atoms with Gasteiger partial charge in [0.25, 0.3) is 0 Å². The van der Waals surface area contributed by atoms with Crippen LogP contribution in [0, 0.1) is 5.82 Å². The summed E-state index contributed by atoms with van der Waals surface area (Å²) in [6.07, 6.45) is -4.91. The fourth-order valence-corrected chi connectivity index (χ4v) is 3.10. The van der Waals surface area contributed by atoms with Gasteiger partial charge in [-0.2, -0.15) is 23.3 Å². The van der Waals surface area contributed by atoms with E-state index >= 15 is 0 Å². The van der Waals surface area contributed by atoms with Crippen molar-refractivity contribution >= 4 is 17.6 Å². The molecule has 1 aliphatic heterocycles. The number of morpholine rings is 1. The largest absolute Gasteiger partial charge is 0.494 e. The second-order valence-electron chi connectivity index (χ2n) is 6.73. The van der Waals surface area contributed by atoms with Gasteiger partial charge < -0.3 is 19.7 Å². The smallest absolute Gasteiger partial charge is 0.416 e. The maximum absolute atomic E-state index is 13.9. The molecule has 1 aromatic carbocycles.